The van der Waals surface area contributed by atoms with Crippen LogP contribution in [0, 0.1) is 6.92 Å². The van der Waals surface area contributed by atoms with Crippen LogP contribution in [0.2, 0.25) is 0 Å². The van der Waals surface area contributed by atoms with Crippen LogP contribution in [-0.4, -0.2) is 48.3 Å². The molecule has 2 atom stereocenters. The fourth-order valence-electron chi connectivity index (χ4n) is 2.83. The van der Waals surface area contributed by atoms with Crippen LogP contribution in [0.3, 0.4) is 0 Å². The number of ether oxygens (including phenoxy) is 2. The third kappa shape index (κ3) is 2.40. The molecule has 2 fully saturated rings. The van der Waals surface area contributed by atoms with E-state index in [2.05, 4.69) is 15.9 Å². The molecule has 2 saturated heterocycles. The van der Waals surface area contributed by atoms with E-state index in [4.69, 9.17) is 13.9 Å². The summed E-state index contributed by atoms with van der Waals surface area (Å²) in [7, 11) is 0. The van der Waals surface area contributed by atoms with Crippen LogP contribution in [0.5, 0.6) is 0 Å². The minimum atomic E-state index is -0.372. The van der Waals surface area contributed by atoms with E-state index >= 15 is 0 Å². The van der Waals surface area contributed by atoms with Gasteiger partial charge in [-0.05, 0) is 42.8 Å². The van der Waals surface area contributed by atoms with Gasteiger partial charge in [-0.15, -0.1) is 0 Å². The molecule has 6 heteroatoms. The molecule has 2 aliphatic rings. The Morgan fingerprint density at radius 1 is 1.45 bits per heavy atom. The third-order valence-electron chi connectivity index (χ3n) is 3.75. The summed E-state index contributed by atoms with van der Waals surface area (Å²) in [5.74, 6) is 0.258. The van der Waals surface area contributed by atoms with Crippen LogP contribution in [-0.2, 0) is 9.47 Å². The van der Waals surface area contributed by atoms with Crippen molar-refractivity contribution in [2.45, 2.75) is 38.5 Å². The first-order valence-electron chi connectivity index (χ1n) is 6.70. The first-order valence-corrected chi connectivity index (χ1v) is 7.49. The van der Waals surface area contributed by atoms with Crippen molar-refractivity contribution in [2.24, 2.45) is 0 Å². The lowest BCUT2D eigenvalue weighted by Gasteiger charge is -2.44. The van der Waals surface area contributed by atoms with Crippen molar-refractivity contribution >= 4 is 21.8 Å². The Hall–Kier alpha value is -0.850. The molecule has 3 heterocycles. The van der Waals surface area contributed by atoms with Crippen molar-refractivity contribution in [2.75, 3.05) is 19.8 Å². The number of hydrogen-bond donors (Lipinski definition) is 0. The molecule has 0 aliphatic carbocycles. The lowest BCUT2D eigenvalue weighted by Crippen LogP contribution is -2.60. The molecule has 110 valence electrons. The second kappa shape index (κ2) is 4.86. The quantitative estimate of drug-likeness (QED) is 0.785. The molecular weight excluding hydrogens is 326 g/mol. The zero-order valence-electron chi connectivity index (χ0n) is 11.8. The van der Waals surface area contributed by atoms with Gasteiger partial charge in [0.25, 0.3) is 5.91 Å². The van der Waals surface area contributed by atoms with E-state index in [1.807, 2.05) is 25.7 Å². The normalized spacial score (nSPS) is 28.5. The van der Waals surface area contributed by atoms with Gasteiger partial charge in [-0.25, -0.2) is 0 Å². The monoisotopic (exact) mass is 343 g/mol. The molecule has 1 aromatic rings. The van der Waals surface area contributed by atoms with Crippen LogP contribution in [0.4, 0.5) is 0 Å². The topological polar surface area (TPSA) is 51.9 Å². The zero-order valence-corrected chi connectivity index (χ0v) is 13.4. The molecule has 2 aliphatic heterocycles. The molecule has 0 spiro atoms. The van der Waals surface area contributed by atoms with Gasteiger partial charge in [-0.2, -0.15) is 0 Å². The van der Waals surface area contributed by atoms with Crippen LogP contribution < -0.4 is 0 Å². The van der Waals surface area contributed by atoms with E-state index in [1.165, 1.54) is 0 Å². The Balaban J connectivity index is 1.88. The predicted octanol–water partition coefficient (Wildman–Crippen LogP) is 2.37. The largest absolute Gasteiger partial charge is 0.444 e. The third-order valence-corrected chi connectivity index (χ3v) is 4.54. The first kappa shape index (κ1) is 14.1. The van der Waals surface area contributed by atoms with Crippen LogP contribution in [0.15, 0.2) is 15.2 Å². The molecule has 0 saturated carbocycles. The number of nitrogens with zero attached hydrogens (tertiary/aromatic N) is 1. The lowest BCUT2D eigenvalue weighted by molar-refractivity contribution is -0.138. The fraction of sp³-hybridized carbons (Fsp3) is 0.643. The molecule has 0 bridgehead atoms. The van der Waals surface area contributed by atoms with Crippen LogP contribution >= 0.6 is 15.9 Å². The van der Waals surface area contributed by atoms with Crippen molar-refractivity contribution in [1.29, 1.82) is 0 Å². The Bertz CT molecular complexity index is 520. The van der Waals surface area contributed by atoms with E-state index in [0.29, 0.717) is 30.2 Å². The smallest absolute Gasteiger partial charge is 0.290 e. The summed E-state index contributed by atoms with van der Waals surface area (Å²) in [4.78, 5) is 14.5. The number of hydrogen-bond acceptors (Lipinski definition) is 4. The Labute approximate surface area is 126 Å². The second-order valence-corrected chi connectivity index (χ2v) is 6.74. The number of fused-ring (bicyclic) bond motifs is 1. The highest BCUT2D eigenvalue weighted by Crippen LogP contribution is 2.31. The molecule has 0 unspecified atom stereocenters. The summed E-state index contributed by atoms with van der Waals surface area (Å²) >= 11 is 3.30. The number of furan rings is 1. The standard InChI is InChI=1S/C14H18BrNO4/c1-8-4-10(19-12(8)15)13(17)16-7-14(2,3)20-11-6-18-5-9(11)16/h4,9,11H,5-7H2,1-3H3/t9-,11-/m1/s1. The molecule has 5 nitrogen and oxygen atoms in total. The van der Waals surface area contributed by atoms with E-state index in [0.717, 1.165) is 5.56 Å². The highest BCUT2D eigenvalue weighted by molar-refractivity contribution is 9.10. The summed E-state index contributed by atoms with van der Waals surface area (Å²) in [6, 6.07) is 1.74. The Morgan fingerprint density at radius 3 is 2.85 bits per heavy atom. The fourth-order valence-corrected chi connectivity index (χ4v) is 3.12. The minimum Gasteiger partial charge on any atom is -0.444 e. The first-order chi connectivity index (χ1) is 9.37. The number of morpholine rings is 1. The highest BCUT2D eigenvalue weighted by atomic mass is 79.9. The van der Waals surface area contributed by atoms with Gasteiger partial charge in [0, 0.05) is 5.56 Å². The van der Waals surface area contributed by atoms with Gasteiger partial charge in [0.1, 0.15) is 6.10 Å². The van der Waals surface area contributed by atoms with Gasteiger partial charge in [-0.1, -0.05) is 0 Å². The van der Waals surface area contributed by atoms with Crippen molar-refractivity contribution in [1.82, 2.24) is 4.90 Å². The van der Waals surface area contributed by atoms with Gasteiger partial charge < -0.3 is 18.8 Å². The number of carbonyl (C=O) groups excluding carboxylic acids is 1. The van der Waals surface area contributed by atoms with Crippen molar-refractivity contribution in [3.63, 3.8) is 0 Å². The van der Waals surface area contributed by atoms with Crippen LogP contribution in [0.1, 0.15) is 30.0 Å². The van der Waals surface area contributed by atoms with E-state index < -0.39 is 0 Å². The SMILES string of the molecule is Cc1cc(C(=O)N2CC(C)(C)O[C@@H]3COC[C@H]32)oc1Br. The average molecular weight is 344 g/mol. The average Bonchev–Trinajstić information content (AvgIpc) is 2.94. The number of aryl methyl sites for hydroxylation is 1. The van der Waals surface area contributed by atoms with Crippen molar-refractivity contribution in [3.8, 4) is 0 Å². The van der Waals surface area contributed by atoms with Crippen LogP contribution in [0.25, 0.3) is 0 Å². The van der Waals surface area contributed by atoms with Crippen molar-refractivity contribution in [3.05, 3.63) is 22.1 Å². The molecule has 1 aromatic heterocycles. The molecule has 20 heavy (non-hydrogen) atoms. The maximum Gasteiger partial charge on any atom is 0.290 e. The summed E-state index contributed by atoms with van der Waals surface area (Å²) in [5, 5.41) is 0. The van der Waals surface area contributed by atoms with Gasteiger partial charge in [-0.3, -0.25) is 4.79 Å². The number of halogens is 1. The Morgan fingerprint density at radius 2 is 2.20 bits per heavy atom. The van der Waals surface area contributed by atoms with E-state index in [-0.39, 0.29) is 23.7 Å². The predicted molar refractivity (Wildman–Crippen MR) is 75.7 cm³/mol. The van der Waals surface area contributed by atoms with Gasteiger partial charge in [0.15, 0.2) is 10.4 Å². The van der Waals surface area contributed by atoms with Crippen molar-refractivity contribution < 1.29 is 18.7 Å². The summed E-state index contributed by atoms with van der Waals surface area (Å²) in [5.41, 5.74) is 0.545. The summed E-state index contributed by atoms with van der Waals surface area (Å²) < 4.78 is 17.5. The highest BCUT2D eigenvalue weighted by Gasteiger charge is 2.46. The van der Waals surface area contributed by atoms with Gasteiger partial charge >= 0.3 is 0 Å². The number of amides is 1. The number of rotatable bonds is 1. The molecule has 0 N–H and O–H groups in total. The number of carbonyl (C=O) groups is 1. The molecule has 0 radical (unpaired) electrons. The summed E-state index contributed by atoms with van der Waals surface area (Å²) in [6.07, 6.45) is -0.0535. The Kier molecular flexibility index (Phi) is 3.43. The maximum absolute atomic E-state index is 12.7. The molecule has 3 rings (SSSR count). The molecule has 0 aromatic carbocycles. The van der Waals surface area contributed by atoms with E-state index in [9.17, 15) is 4.79 Å². The lowest BCUT2D eigenvalue weighted by atomic mass is 10.0. The summed E-state index contributed by atoms with van der Waals surface area (Å²) in [6.45, 7) is 7.48. The minimum absolute atomic E-state index is 0.0280. The van der Waals surface area contributed by atoms with Gasteiger partial charge in [0.2, 0.25) is 0 Å². The second-order valence-electron chi connectivity index (χ2n) is 6.02. The molecule has 1 amide bonds. The van der Waals surface area contributed by atoms with Gasteiger partial charge in [0.05, 0.1) is 31.4 Å². The maximum atomic E-state index is 12.7. The molecular formula is C14H18BrNO4. The van der Waals surface area contributed by atoms with E-state index in [1.54, 1.807) is 6.07 Å². The zero-order chi connectivity index (χ0) is 14.5.